The molecule has 2 aromatic rings. The van der Waals surface area contributed by atoms with Crippen LogP contribution in [0.5, 0.6) is 0 Å². The molecule has 1 heterocycles. The van der Waals surface area contributed by atoms with E-state index in [1.54, 1.807) is 6.20 Å². The van der Waals surface area contributed by atoms with Gasteiger partial charge in [0.25, 0.3) is 0 Å². The predicted molar refractivity (Wildman–Crippen MR) is 68.2 cm³/mol. The van der Waals surface area contributed by atoms with Crippen molar-refractivity contribution in [2.45, 2.75) is 16.5 Å². The van der Waals surface area contributed by atoms with Gasteiger partial charge in [-0.15, -0.1) is 11.3 Å². The van der Waals surface area contributed by atoms with E-state index in [-0.39, 0.29) is 16.9 Å². The van der Waals surface area contributed by atoms with Crippen molar-refractivity contribution in [3.05, 3.63) is 47.2 Å². The maximum Gasteiger partial charge on any atom is 0.175 e. The Morgan fingerprint density at radius 3 is 2.71 bits per heavy atom. The molecule has 0 saturated heterocycles. The summed E-state index contributed by atoms with van der Waals surface area (Å²) in [5.74, 6) is -0.341. The molecule has 0 fully saturated rings. The SMILES string of the molecule is CC(Sc1nccs1)C(=O)c1ccc(F)cc1. The topological polar surface area (TPSA) is 30.0 Å². The van der Waals surface area contributed by atoms with Gasteiger partial charge in [0.2, 0.25) is 0 Å². The van der Waals surface area contributed by atoms with Gasteiger partial charge in [0.05, 0.1) is 5.25 Å². The molecule has 0 saturated carbocycles. The molecule has 0 aliphatic rings. The van der Waals surface area contributed by atoms with E-state index in [1.807, 2.05) is 12.3 Å². The molecule has 0 radical (unpaired) electrons. The van der Waals surface area contributed by atoms with Crippen molar-refractivity contribution < 1.29 is 9.18 Å². The zero-order valence-corrected chi connectivity index (χ0v) is 10.7. The lowest BCUT2D eigenvalue weighted by molar-refractivity contribution is 0.0994. The van der Waals surface area contributed by atoms with E-state index in [0.717, 1.165) is 4.34 Å². The molecule has 2 rings (SSSR count). The molecule has 0 amide bonds. The van der Waals surface area contributed by atoms with Gasteiger partial charge in [0.15, 0.2) is 5.78 Å². The summed E-state index contributed by atoms with van der Waals surface area (Å²) in [7, 11) is 0. The first-order chi connectivity index (χ1) is 8.16. The number of ketones is 1. The number of benzene rings is 1. The molecule has 2 nitrogen and oxygen atoms in total. The van der Waals surface area contributed by atoms with E-state index >= 15 is 0 Å². The van der Waals surface area contributed by atoms with E-state index in [1.165, 1.54) is 47.4 Å². The molecule has 1 unspecified atom stereocenters. The second-order valence-corrected chi connectivity index (χ2v) is 5.91. The molecule has 0 bridgehead atoms. The van der Waals surface area contributed by atoms with Crippen LogP contribution in [0.2, 0.25) is 0 Å². The van der Waals surface area contributed by atoms with Crippen LogP contribution in [0.4, 0.5) is 4.39 Å². The van der Waals surface area contributed by atoms with Crippen molar-refractivity contribution in [3.63, 3.8) is 0 Å². The monoisotopic (exact) mass is 267 g/mol. The van der Waals surface area contributed by atoms with Crippen LogP contribution in [0.1, 0.15) is 17.3 Å². The largest absolute Gasteiger partial charge is 0.293 e. The van der Waals surface area contributed by atoms with Gasteiger partial charge < -0.3 is 0 Å². The van der Waals surface area contributed by atoms with Crippen molar-refractivity contribution in [2.75, 3.05) is 0 Å². The van der Waals surface area contributed by atoms with Gasteiger partial charge in [-0.1, -0.05) is 11.8 Å². The molecule has 1 atom stereocenters. The lowest BCUT2D eigenvalue weighted by atomic mass is 10.1. The van der Waals surface area contributed by atoms with Gasteiger partial charge in [-0.25, -0.2) is 9.37 Å². The van der Waals surface area contributed by atoms with E-state index in [2.05, 4.69) is 4.98 Å². The summed E-state index contributed by atoms with van der Waals surface area (Å²) in [6.07, 6.45) is 1.71. The molecule has 17 heavy (non-hydrogen) atoms. The number of carbonyl (C=O) groups excluding carboxylic acids is 1. The van der Waals surface area contributed by atoms with Crippen LogP contribution in [0.3, 0.4) is 0 Å². The quantitative estimate of drug-likeness (QED) is 0.625. The van der Waals surface area contributed by atoms with Gasteiger partial charge in [-0.3, -0.25) is 4.79 Å². The molecule has 5 heteroatoms. The fourth-order valence-corrected chi connectivity index (χ4v) is 3.17. The summed E-state index contributed by atoms with van der Waals surface area (Å²) < 4.78 is 13.6. The highest BCUT2D eigenvalue weighted by Crippen LogP contribution is 2.27. The number of halogens is 1. The predicted octanol–water partition coefficient (Wildman–Crippen LogP) is 3.65. The Morgan fingerprint density at radius 2 is 2.12 bits per heavy atom. The standard InChI is InChI=1S/C12H10FNOS2/c1-8(17-12-14-6-7-16-12)11(15)9-2-4-10(13)5-3-9/h2-8H,1H3. The highest BCUT2D eigenvalue weighted by Gasteiger charge is 2.17. The number of thioether (sulfide) groups is 1. The minimum absolute atomic E-state index is 0.00907. The van der Waals surface area contributed by atoms with Gasteiger partial charge in [0, 0.05) is 17.1 Å². The molecule has 0 N–H and O–H groups in total. The summed E-state index contributed by atoms with van der Waals surface area (Å²) in [6.45, 7) is 1.83. The number of carbonyl (C=O) groups is 1. The maximum atomic E-state index is 12.7. The Labute approximate surface area is 107 Å². The Balaban J connectivity index is 2.07. The van der Waals surface area contributed by atoms with Crippen LogP contribution in [0.15, 0.2) is 40.2 Å². The number of rotatable bonds is 4. The van der Waals surface area contributed by atoms with Gasteiger partial charge in [-0.05, 0) is 31.2 Å². The average molecular weight is 267 g/mol. The minimum Gasteiger partial charge on any atom is -0.293 e. The first kappa shape index (κ1) is 12.3. The first-order valence-corrected chi connectivity index (χ1v) is 6.78. The summed E-state index contributed by atoms with van der Waals surface area (Å²) in [5.41, 5.74) is 0.531. The third kappa shape index (κ3) is 3.14. The molecular weight excluding hydrogens is 257 g/mol. The van der Waals surface area contributed by atoms with Crippen molar-refractivity contribution in [1.82, 2.24) is 4.98 Å². The normalized spacial score (nSPS) is 12.4. The van der Waals surface area contributed by atoms with Crippen LogP contribution in [-0.2, 0) is 0 Å². The molecule has 88 valence electrons. The van der Waals surface area contributed by atoms with Crippen molar-refractivity contribution in [1.29, 1.82) is 0 Å². The zero-order chi connectivity index (χ0) is 12.3. The van der Waals surface area contributed by atoms with E-state index in [4.69, 9.17) is 0 Å². The Morgan fingerprint density at radius 1 is 1.41 bits per heavy atom. The second-order valence-electron chi connectivity index (χ2n) is 3.43. The fourth-order valence-electron chi connectivity index (χ4n) is 1.32. The highest BCUT2D eigenvalue weighted by molar-refractivity contribution is 8.02. The molecule has 0 aliphatic carbocycles. The third-order valence-corrected chi connectivity index (χ3v) is 4.20. The highest BCUT2D eigenvalue weighted by atomic mass is 32.2. The lowest BCUT2D eigenvalue weighted by Crippen LogP contribution is -2.13. The van der Waals surface area contributed by atoms with Crippen molar-refractivity contribution >= 4 is 28.9 Å². The number of hydrogen-bond donors (Lipinski definition) is 0. The van der Waals surface area contributed by atoms with E-state index < -0.39 is 0 Å². The minimum atomic E-state index is -0.332. The van der Waals surface area contributed by atoms with Crippen molar-refractivity contribution in [2.24, 2.45) is 0 Å². The van der Waals surface area contributed by atoms with Crippen LogP contribution in [0, 0.1) is 5.82 Å². The summed E-state index contributed by atoms with van der Waals surface area (Å²) in [6, 6.07) is 5.62. The summed E-state index contributed by atoms with van der Waals surface area (Å²) in [5, 5.41) is 1.66. The Hall–Kier alpha value is -1.20. The fraction of sp³-hybridized carbons (Fsp3) is 0.167. The Bertz CT molecular complexity index is 496. The number of hydrogen-bond acceptors (Lipinski definition) is 4. The van der Waals surface area contributed by atoms with E-state index in [0.29, 0.717) is 5.56 Å². The molecule has 1 aromatic heterocycles. The number of Topliss-reactive ketones (excluding diaryl/α,β-unsaturated/α-hetero) is 1. The van der Waals surface area contributed by atoms with Crippen LogP contribution in [0.25, 0.3) is 0 Å². The number of aromatic nitrogens is 1. The number of thiazole rings is 1. The van der Waals surface area contributed by atoms with Gasteiger partial charge >= 0.3 is 0 Å². The smallest absolute Gasteiger partial charge is 0.175 e. The van der Waals surface area contributed by atoms with Crippen LogP contribution < -0.4 is 0 Å². The molecule has 0 spiro atoms. The lowest BCUT2D eigenvalue weighted by Gasteiger charge is -2.07. The summed E-state index contributed by atoms with van der Waals surface area (Å²) >= 11 is 2.93. The maximum absolute atomic E-state index is 12.7. The van der Waals surface area contributed by atoms with E-state index in [9.17, 15) is 9.18 Å². The van der Waals surface area contributed by atoms with Crippen LogP contribution in [-0.4, -0.2) is 16.0 Å². The third-order valence-electron chi connectivity index (χ3n) is 2.19. The molecular formula is C12H10FNOS2. The molecule has 0 aliphatic heterocycles. The Kier molecular flexibility index (Phi) is 3.91. The molecule has 1 aromatic carbocycles. The summed E-state index contributed by atoms with van der Waals surface area (Å²) in [4.78, 5) is 16.1. The van der Waals surface area contributed by atoms with Gasteiger partial charge in [0.1, 0.15) is 10.2 Å². The zero-order valence-electron chi connectivity index (χ0n) is 9.09. The second kappa shape index (κ2) is 5.42. The van der Waals surface area contributed by atoms with Gasteiger partial charge in [-0.2, -0.15) is 0 Å². The first-order valence-electron chi connectivity index (χ1n) is 5.03. The van der Waals surface area contributed by atoms with Crippen molar-refractivity contribution in [3.8, 4) is 0 Å². The van der Waals surface area contributed by atoms with Crippen LogP contribution >= 0.6 is 23.1 Å². The average Bonchev–Trinajstić information content (AvgIpc) is 2.82. The number of nitrogens with zero attached hydrogens (tertiary/aromatic N) is 1.